The lowest BCUT2D eigenvalue weighted by Crippen LogP contribution is -2.61. The van der Waals surface area contributed by atoms with Crippen LogP contribution in [0.3, 0.4) is 0 Å². The number of carbonyl (C=O) groups excluding carboxylic acids is 2. The molecule has 1 spiro atoms. The highest BCUT2D eigenvalue weighted by molar-refractivity contribution is 5.86. The van der Waals surface area contributed by atoms with E-state index in [-0.39, 0.29) is 36.0 Å². The molecule has 0 aromatic carbocycles. The number of hydrogen-bond donors (Lipinski definition) is 0. The monoisotopic (exact) mass is 374 g/mol. The lowest BCUT2D eigenvalue weighted by Gasteiger charge is -2.56. The molecule has 0 N–H and O–H groups in total. The van der Waals surface area contributed by atoms with Crippen molar-refractivity contribution in [1.29, 1.82) is 0 Å². The van der Waals surface area contributed by atoms with Crippen molar-refractivity contribution >= 4 is 11.9 Å². The molecule has 6 nitrogen and oxygen atoms in total. The standard InChI is InChI=1S/C21H26O6/c1-12-6-8-19(2)15(4-5-16-21(19,27-16)18(23)24-3)20(12)10-14(26-17(20)22)13-7-9-25-11-13/h7,9,11-12,14-16H,4-6,8,10H2,1-3H3/t12-,14-,15+,16-,19-,20-,21+/m1/s1. The number of furan rings is 1. The molecule has 4 fully saturated rings. The van der Waals surface area contributed by atoms with Crippen molar-refractivity contribution in [3.8, 4) is 0 Å². The van der Waals surface area contributed by atoms with Crippen LogP contribution in [0.1, 0.15) is 57.6 Å². The van der Waals surface area contributed by atoms with E-state index in [0.717, 1.165) is 31.2 Å². The highest BCUT2D eigenvalue weighted by Gasteiger charge is 2.81. The van der Waals surface area contributed by atoms with Crippen molar-refractivity contribution in [1.82, 2.24) is 0 Å². The number of epoxide rings is 1. The Kier molecular flexibility index (Phi) is 3.44. The topological polar surface area (TPSA) is 78.3 Å². The van der Waals surface area contributed by atoms with E-state index in [1.165, 1.54) is 7.11 Å². The molecule has 1 aromatic heterocycles. The third-order valence-corrected chi connectivity index (χ3v) is 8.21. The minimum absolute atomic E-state index is 0.0380. The fourth-order valence-electron chi connectivity index (χ4n) is 6.72. The molecule has 0 unspecified atom stereocenters. The maximum atomic E-state index is 13.3. The Morgan fingerprint density at radius 3 is 2.81 bits per heavy atom. The smallest absolute Gasteiger partial charge is 0.341 e. The van der Waals surface area contributed by atoms with Crippen molar-refractivity contribution in [2.45, 2.75) is 63.8 Å². The molecule has 2 aliphatic heterocycles. The summed E-state index contributed by atoms with van der Waals surface area (Å²) in [6.45, 7) is 4.28. The van der Waals surface area contributed by atoms with Gasteiger partial charge in [0, 0.05) is 17.4 Å². The van der Waals surface area contributed by atoms with Crippen LogP contribution < -0.4 is 0 Å². The van der Waals surface area contributed by atoms with Gasteiger partial charge in [-0.25, -0.2) is 4.79 Å². The van der Waals surface area contributed by atoms with Crippen LogP contribution in [0.15, 0.2) is 23.0 Å². The van der Waals surface area contributed by atoms with Gasteiger partial charge in [-0.05, 0) is 43.6 Å². The summed E-state index contributed by atoms with van der Waals surface area (Å²) >= 11 is 0. The zero-order valence-corrected chi connectivity index (χ0v) is 16.0. The Hall–Kier alpha value is -1.82. The van der Waals surface area contributed by atoms with Crippen molar-refractivity contribution in [2.24, 2.45) is 22.7 Å². The zero-order valence-electron chi connectivity index (χ0n) is 16.0. The quantitative estimate of drug-likeness (QED) is 0.583. The maximum absolute atomic E-state index is 13.3. The summed E-state index contributed by atoms with van der Waals surface area (Å²) in [5, 5.41) is 0. The van der Waals surface area contributed by atoms with Crippen LogP contribution in [0.25, 0.3) is 0 Å². The van der Waals surface area contributed by atoms with E-state index in [1.807, 2.05) is 6.07 Å². The molecular formula is C21H26O6. The van der Waals surface area contributed by atoms with Crippen LogP contribution in [0, 0.1) is 22.7 Å². The van der Waals surface area contributed by atoms with E-state index in [9.17, 15) is 9.59 Å². The highest BCUT2D eigenvalue weighted by atomic mass is 16.7. The van der Waals surface area contributed by atoms with E-state index in [2.05, 4.69) is 13.8 Å². The fraction of sp³-hybridized carbons (Fsp3) is 0.714. The van der Waals surface area contributed by atoms with E-state index < -0.39 is 16.4 Å². The van der Waals surface area contributed by atoms with Crippen LogP contribution in [0.4, 0.5) is 0 Å². The third kappa shape index (κ3) is 1.90. The average molecular weight is 374 g/mol. The van der Waals surface area contributed by atoms with Gasteiger partial charge in [-0.2, -0.15) is 0 Å². The molecule has 6 heteroatoms. The molecule has 1 aromatic rings. The number of ether oxygens (including phenoxy) is 3. The van der Waals surface area contributed by atoms with Gasteiger partial charge < -0.3 is 18.6 Å². The SMILES string of the molecule is COC(=O)[C@@]12O[C@@H]1CC[C@@H]1[C@@]3(C[C@H](c4ccoc4)OC3=O)[C@H](C)CC[C@]12C. The third-order valence-electron chi connectivity index (χ3n) is 8.21. The number of methoxy groups -OCH3 is 1. The first-order chi connectivity index (χ1) is 12.9. The van der Waals surface area contributed by atoms with Gasteiger partial charge in [0.2, 0.25) is 0 Å². The molecule has 5 rings (SSSR count). The maximum Gasteiger partial charge on any atom is 0.341 e. The summed E-state index contributed by atoms with van der Waals surface area (Å²) in [7, 11) is 1.42. The van der Waals surface area contributed by atoms with E-state index in [4.69, 9.17) is 18.6 Å². The summed E-state index contributed by atoms with van der Waals surface area (Å²) in [4.78, 5) is 26.1. The molecule has 2 saturated heterocycles. The average Bonchev–Trinajstić information content (AvgIpc) is 3.01. The lowest BCUT2D eigenvalue weighted by atomic mass is 9.44. The molecule has 27 heavy (non-hydrogen) atoms. The summed E-state index contributed by atoms with van der Waals surface area (Å²) in [5.74, 6) is -0.181. The van der Waals surface area contributed by atoms with Crippen molar-refractivity contribution in [3.63, 3.8) is 0 Å². The predicted molar refractivity (Wildman–Crippen MR) is 93.4 cm³/mol. The van der Waals surface area contributed by atoms with Crippen molar-refractivity contribution < 1.29 is 28.2 Å². The Morgan fingerprint density at radius 2 is 2.11 bits per heavy atom. The Morgan fingerprint density at radius 1 is 1.30 bits per heavy atom. The van der Waals surface area contributed by atoms with Gasteiger partial charge in [-0.1, -0.05) is 13.8 Å². The van der Waals surface area contributed by atoms with Gasteiger partial charge >= 0.3 is 11.9 Å². The van der Waals surface area contributed by atoms with Crippen LogP contribution in [0.5, 0.6) is 0 Å². The Balaban J connectivity index is 1.57. The first-order valence-electron chi connectivity index (χ1n) is 9.89. The summed E-state index contributed by atoms with van der Waals surface area (Å²) < 4.78 is 22.2. The molecule has 7 atom stereocenters. The van der Waals surface area contributed by atoms with Gasteiger partial charge in [0.05, 0.1) is 31.2 Å². The normalized spacial score (nSPS) is 47.9. The molecule has 0 bridgehead atoms. The fourth-order valence-corrected chi connectivity index (χ4v) is 6.72. The number of fused-ring (bicyclic) bond motifs is 4. The molecule has 3 heterocycles. The summed E-state index contributed by atoms with van der Waals surface area (Å²) in [6.07, 6.45) is 6.91. The number of esters is 2. The lowest BCUT2D eigenvalue weighted by molar-refractivity contribution is -0.177. The minimum Gasteiger partial charge on any atom is -0.472 e. The predicted octanol–water partition coefficient (Wildman–Crippen LogP) is 3.41. The Bertz CT molecular complexity index is 787. The molecule has 4 aliphatic rings. The molecular weight excluding hydrogens is 348 g/mol. The second kappa shape index (κ2) is 5.37. The van der Waals surface area contributed by atoms with Crippen LogP contribution in [0.2, 0.25) is 0 Å². The molecule has 146 valence electrons. The van der Waals surface area contributed by atoms with Crippen molar-refractivity contribution in [2.75, 3.05) is 7.11 Å². The minimum atomic E-state index is -0.897. The number of rotatable bonds is 2. The molecule has 0 radical (unpaired) electrons. The first-order valence-corrected chi connectivity index (χ1v) is 9.89. The molecule has 0 amide bonds. The van der Waals surface area contributed by atoms with Gasteiger partial charge in [0.25, 0.3) is 0 Å². The van der Waals surface area contributed by atoms with Crippen LogP contribution in [-0.4, -0.2) is 30.8 Å². The van der Waals surface area contributed by atoms with Gasteiger partial charge in [0.15, 0.2) is 5.60 Å². The molecule has 2 aliphatic carbocycles. The molecule has 2 saturated carbocycles. The second-order valence-corrected chi connectivity index (χ2v) is 9.02. The second-order valence-electron chi connectivity index (χ2n) is 9.02. The van der Waals surface area contributed by atoms with Gasteiger partial charge in [-0.15, -0.1) is 0 Å². The largest absolute Gasteiger partial charge is 0.472 e. The first kappa shape index (κ1) is 17.3. The van der Waals surface area contributed by atoms with E-state index in [0.29, 0.717) is 6.42 Å². The number of hydrogen-bond acceptors (Lipinski definition) is 6. The van der Waals surface area contributed by atoms with Gasteiger partial charge in [0.1, 0.15) is 6.10 Å². The zero-order chi connectivity index (χ0) is 19.0. The summed E-state index contributed by atoms with van der Waals surface area (Å²) in [6, 6.07) is 1.86. The highest BCUT2D eigenvalue weighted by Crippen LogP contribution is 2.72. The van der Waals surface area contributed by atoms with E-state index >= 15 is 0 Å². The number of cyclic esters (lactones) is 1. The summed E-state index contributed by atoms with van der Waals surface area (Å²) in [5.41, 5.74) is -1.00. The van der Waals surface area contributed by atoms with Crippen LogP contribution >= 0.6 is 0 Å². The Labute approximate surface area is 158 Å². The van der Waals surface area contributed by atoms with Crippen LogP contribution in [-0.2, 0) is 23.8 Å². The van der Waals surface area contributed by atoms with Crippen molar-refractivity contribution in [3.05, 3.63) is 24.2 Å². The van der Waals surface area contributed by atoms with E-state index in [1.54, 1.807) is 12.5 Å². The number of carbonyl (C=O) groups is 2. The van der Waals surface area contributed by atoms with Gasteiger partial charge in [-0.3, -0.25) is 4.79 Å².